The maximum absolute atomic E-state index is 12.6. The molecule has 0 spiro atoms. The molecule has 0 unspecified atom stereocenters. The van der Waals surface area contributed by atoms with Gasteiger partial charge >= 0.3 is 11.9 Å². The standard InChI is InChI=1S/C20H15ClO6/c1-3-26-20(25)18(23)12(2)17(22)15-11-14(21)9-10-16(15)27-19(24)13-7-5-4-6-8-13/h4-11H,2-3H2,1H3. The highest BCUT2D eigenvalue weighted by Crippen LogP contribution is 2.26. The first kappa shape index (κ1) is 20.1. The van der Waals surface area contributed by atoms with Gasteiger partial charge in [0.15, 0.2) is 5.78 Å². The van der Waals surface area contributed by atoms with Gasteiger partial charge in [0.25, 0.3) is 5.78 Å². The van der Waals surface area contributed by atoms with E-state index in [1.807, 2.05) is 0 Å². The van der Waals surface area contributed by atoms with Crippen molar-refractivity contribution in [3.63, 3.8) is 0 Å². The van der Waals surface area contributed by atoms with Crippen molar-refractivity contribution in [1.82, 2.24) is 0 Å². The van der Waals surface area contributed by atoms with Crippen LogP contribution in [0.15, 0.2) is 60.7 Å². The second-order valence-electron chi connectivity index (χ2n) is 5.25. The highest BCUT2D eigenvalue weighted by atomic mass is 35.5. The Kier molecular flexibility index (Phi) is 6.62. The predicted molar refractivity (Wildman–Crippen MR) is 98.0 cm³/mol. The average Bonchev–Trinajstić information content (AvgIpc) is 2.68. The van der Waals surface area contributed by atoms with Crippen LogP contribution in [-0.4, -0.2) is 30.1 Å². The normalized spacial score (nSPS) is 10.0. The third-order valence-corrected chi connectivity index (χ3v) is 3.64. The smallest absolute Gasteiger partial charge is 0.379 e. The molecule has 0 heterocycles. The van der Waals surface area contributed by atoms with Gasteiger partial charge in [0.1, 0.15) is 5.75 Å². The summed E-state index contributed by atoms with van der Waals surface area (Å²) in [4.78, 5) is 48.3. The zero-order valence-electron chi connectivity index (χ0n) is 14.4. The van der Waals surface area contributed by atoms with E-state index in [2.05, 4.69) is 11.3 Å². The minimum atomic E-state index is -1.19. The van der Waals surface area contributed by atoms with E-state index in [4.69, 9.17) is 16.3 Å². The summed E-state index contributed by atoms with van der Waals surface area (Å²) >= 11 is 5.91. The molecule has 0 bridgehead atoms. The van der Waals surface area contributed by atoms with Crippen molar-refractivity contribution in [3.8, 4) is 5.75 Å². The summed E-state index contributed by atoms with van der Waals surface area (Å²) in [5.41, 5.74) is -0.519. The Balaban J connectivity index is 2.31. The topological polar surface area (TPSA) is 86.7 Å². The fourth-order valence-corrected chi connectivity index (χ4v) is 2.26. The molecule has 2 aromatic carbocycles. The Morgan fingerprint density at radius 1 is 1.04 bits per heavy atom. The van der Waals surface area contributed by atoms with Crippen LogP contribution < -0.4 is 4.74 Å². The largest absolute Gasteiger partial charge is 0.460 e. The molecule has 2 rings (SSSR count). The second kappa shape index (κ2) is 8.91. The molecule has 0 aliphatic heterocycles. The van der Waals surface area contributed by atoms with E-state index in [0.29, 0.717) is 0 Å². The van der Waals surface area contributed by atoms with Crippen LogP contribution in [0, 0.1) is 0 Å². The molecule has 0 fully saturated rings. The summed E-state index contributed by atoms with van der Waals surface area (Å²) in [6.45, 7) is 4.86. The summed E-state index contributed by atoms with van der Waals surface area (Å²) in [5.74, 6) is -4.08. The van der Waals surface area contributed by atoms with Crippen LogP contribution in [0.4, 0.5) is 0 Å². The molecule has 0 aromatic heterocycles. The van der Waals surface area contributed by atoms with Gasteiger partial charge in [-0.3, -0.25) is 9.59 Å². The van der Waals surface area contributed by atoms with Crippen LogP contribution in [0.1, 0.15) is 27.6 Å². The third-order valence-electron chi connectivity index (χ3n) is 3.41. The first-order valence-corrected chi connectivity index (χ1v) is 8.24. The van der Waals surface area contributed by atoms with E-state index in [-0.39, 0.29) is 28.5 Å². The number of carbonyl (C=O) groups excluding carboxylic acids is 4. The Hall–Kier alpha value is -3.25. The molecule has 0 amide bonds. The minimum absolute atomic E-state index is 0.0247. The fourth-order valence-electron chi connectivity index (χ4n) is 2.09. The summed E-state index contributed by atoms with van der Waals surface area (Å²) in [5, 5.41) is 0.175. The average molecular weight is 387 g/mol. The summed E-state index contributed by atoms with van der Waals surface area (Å²) < 4.78 is 9.83. The van der Waals surface area contributed by atoms with Crippen LogP contribution in [0.2, 0.25) is 5.02 Å². The Morgan fingerprint density at radius 3 is 2.33 bits per heavy atom. The number of hydrogen-bond acceptors (Lipinski definition) is 6. The number of Topliss-reactive ketones (excluding diaryl/α,β-unsaturated/α-hetero) is 2. The van der Waals surface area contributed by atoms with E-state index >= 15 is 0 Å². The molecule has 138 valence electrons. The number of esters is 2. The number of halogens is 1. The van der Waals surface area contributed by atoms with Gasteiger partial charge in [-0.2, -0.15) is 0 Å². The Bertz CT molecular complexity index is 917. The van der Waals surface area contributed by atoms with Crippen molar-refractivity contribution in [3.05, 3.63) is 76.8 Å². The molecule has 6 nitrogen and oxygen atoms in total. The molecular weight excluding hydrogens is 372 g/mol. The predicted octanol–water partition coefficient (Wildman–Crippen LogP) is 3.43. The van der Waals surface area contributed by atoms with Gasteiger partial charge < -0.3 is 9.47 Å². The highest BCUT2D eigenvalue weighted by molar-refractivity contribution is 6.49. The zero-order chi connectivity index (χ0) is 20.0. The van der Waals surface area contributed by atoms with E-state index in [1.54, 1.807) is 30.3 Å². The summed E-state index contributed by atoms with van der Waals surface area (Å²) in [6.07, 6.45) is 0. The maximum atomic E-state index is 12.6. The van der Waals surface area contributed by atoms with Crippen molar-refractivity contribution in [2.24, 2.45) is 0 Å². The van der Waals surface area contributed by atoms with Gasteiger partial charge in [-0.1, -0.05) is 36.4 Å². The molecule has 0 saturated heterocycles. The summed E-state index contributed by atoms with van der Waals surface area (Å²) in [7, 11) is 0. The molecule has 0 aliphatic carbocycles. The first-order valence-electron chi connectivity index (χ1n) is 7.87. The second-order valence-corrected chi connectivity index (χ2v) is 5.69. The molecule has 0 aliphatic rings. The van der Waals surface area contributed by atoms with Gasteiger partial charge in [0, 0.05) is 5.02 Å². The number of carbonyl (C=O) groups is 4. The van der Waals surface area contributed by atoms with E-state index in [1.165, 1.54) is 25.1 Å². The summed E-state index contributed by atoms with van der Waals surface area (Å²) in [6, 6.07) is 12.1. The van der Waals surface area contributed by atoms with Crippen LogP contribution >= 0.6 is 11.6 Å². The lowest BCUT2D eigenvalue weighted by Gasteiger charge is -2.11. The van der Waals surface area contributed by atoms with Crippen molar-refractivity contribution in [2.75, 3.05) is 6.61 Å². The maximum Gasteiger partial charge on any atom is 0.379 e. The lowest BCUT2D eigenvalue weighted by Crippen LogP contribution is -2.24. The van der Waals surface area contributed by atoms with Crippen LogP contribution in [0.25, 0.3) is 0 Å². The molecule has 7 heteroatoms. The molecule has 0 saturated carbocycles. The molecule has 2 aromatic rings. The van der Waals surface area contributed by atoms with Gasteiger partial charge in [-0.15, -0.1) is 0 Å². The number of hydrogen-bond donors (Lipinski definition) is 0. The monoisotopic (exact) mass is 386 g/mol. The fraction of sp³-hybridized carbons (Fsp3) is 0.100. The molecular formula is C20H15ClO6. The highest BCUT2D eigenvalue weighted by Gasteiger charge is 2.27. The first-order chi connectivity index (χ1) is 12.8. The molecule has 0 radical (unpaired) electrons. The molecule has 0 N–H and O–H groups in total. The van der Waals surface area contributed by atoms with E-state index < -0.39 is 29.1 Å². The SMILES string of the molecule is C=C(C(=O)C(=O)OCC)C(=O)c1cc(Cl)ccc1OC(=O)c1ccccc1. The van der Waals surface area contributed by atoms with Gasteiger partial charge in [0.2, 0.25) is 0 Å². The number of rotatable bonds is 7. The lowest BCUT2D eigenvalue weighted by molar-refractivity contribution is -0.151. The van der Waals surface area contributed by atoms with Gasteiger partial charge in [0.05, 0.1) is 23.3 Å². The molecule has 27 heavy (non-hydrogen) atoms. The zero-order valence-corrected chi connectivity index (χ0v) is 15.1. The van der Waals surface area contributed by atoms with Crippen molar-refractivity contribution in [1.29, 1.82) is 0 Å². The van der Waals surface area contributed by atoms with Gasteiger partial charge in [-0.25, -0.2) is 9.59 Å². The van der Waals surface area contributed by atoms with Crippen molar-refractivity contribution >= 4 is 35.1 Å². The van der Waals surface area contributed by atoms with Gasteiger partial charge in [-0.05, 0) is 37.3 Å². The van der Waals surface area contributed by atoms with Crippen LogP contribution in [-0.2, 0) is 14.3 Å². The van der Waals surface area contributed by atoms with E-state index in [9.17, 15) is 19.2 Å². The quantitative estimate of drug-likeness (QED) is 0.138. The number of ketones is 2. The number of ether oxygens (including phenoxy) is 2. The Morgan fingerprint density at radius 2 is 1.70 bits per heavy atom. The van der Waals surface area contributed by atoms with Crippen LogP contribution in [0.5, 0.6) is 5.75 Å². The minimum Gasteiger partial charge on any atom is -0.460 e. The van der Waals surface area contributed by atoms with Crippen molar-refractivity contribution in [2.45, 2.75) is 6.92 Å². The van der Waals surface area contributed by atoms with Crippen molar-refractivity contribution < 1.29 is 28.7 Å². The van der Waals surface area contributed by atoms with Crippen LogP contribution in [0.3, 0.4) is 0 Å². The number of benzene rings is 2. The van der Waals surface area contributed by atoms with E-state index in [0.717, 1.165) is 0 Å². The third kappa shape index (κ3) is 4.89. The Labute approximate surface area is 160 Å². The lowest BCUT2D eigenvalue weighted by atomic mass is 10.0. The molecule has 0 atom stereocenters.